The molecule has 0 spiro atoms. The fraction of sp³-hybridized carbons (Fsp3) is 0.286. The van der Waals surface area contributed by atoms with Crippen LogP contribution in [0.15, 0.2) is 35.1 Å². The molecule has 0 aliphatic rings. The van der Waals surface area contributed by atoms with Crippen molar-refractivity contribution in [3.8, 4) is 11.8 Å². The molecule has 2 aromatic rings. The van der Waals surface area contributed by atoms with E-state index in [1.165, 1.54) is 0 Å². The number of nitriles is 1. The maximum atomic E-state index is 9.09. The third-order valence-electron chi connectivity index (χ3n) is 2.84. The second kappa shape index (κ2) is 7.20. The molecule has 1 heterocycles. The van der Waals surface area contributed by atoms with Gasteiger partial charge in [-0.25, -0.2) is 4.98 Å². The second-order valence-electron chi connectivity index (χ2n) is 4.18. The van der Waals surface area contributed by atoms with Crippen LogP contribution in [-0.4, -0.2) is 29.8 Å². The maximum Gasteiger partial charge on any atom is 0.217 e. The second-order valence-corrected chi connectivity index (χ2v) is 5.09. The lowest BCUT2D eigenvalue weighted by molar-refractivity contribution is 0.199. The van der Waals surface area contributed by atoms with Gasteiger partial charge in [0.25, 0.3) is 0 Å². The first-order valence-corrected chi connectivity index (χ1v) is 6.97. The Bertz CT molecular complexity index is 618. The van der Waals surface area contributed by atoms with Gasteiger partial charge in [0.15, 0.2) is 0 Å². The smallest absolute Gasteiger partial charge is 0.217 e. The van der Waals surface area contributed by atoms with E-state index in [0.29, 0.717) is 19.0 Å². The van der Waals surface area contributed by atoms with Gasteiger partial charge in [-0.3, -0.25) is 4.57 Å². The van der Waals surface area contributed by atoms with Crippen molar-refractivity contribution in [1.82, 2.24) is 14.9 Å². The lowest BCUT2D eigenvalue weighted by Crippen LogP contribution is -2.19. The average molecular weight is 335 g/mol. The zero-order valence-electron chi connectivity index (χ0n) is 11.1. The summed E-state index contributed by atoms with van der Waals surface area (Å²) in [6.45, 7) is 2.14. The number of hydrogen-bond donors (Lipinski definition) is 1. The first kappa shape index (κ1) is 14.7. The molecule has 2 rings (SSSR count). The van der Waals surface area contributed by atoms with Gasteiger partial charge in [-0.1, -0.05) is 15.9 Å². The molecule has 6 heteroatoms. The Morgan fingerprint density at radius 2 is 2.35 bits per heavy atom. The van der Waals surface area contributed by atoms with E-state index in [2.05, 4.69) is 32.3 Å². The minimum Gasteiger partial charge on any atom is -0.383 e. The van der Waals surface area contributed by atoms with Crippen LogP contribution in [0, 0.1) is 11.3 Å². The van der Waals surface area contributed by atoms with Crippen molar-refractivity contribution in [3.63, 3.8) is 0 Å². The van der Waals surface area contributed by atoms with Crippen molar-refractivity contribution < 1.29 is 4.74 Å². The monoisotopic (exact) mass is 334 g/mol. The first-order valence-electron chi connectivity index (χ1n) is 6.18. The largest absolute Gasteiger partial charge is 0.383 e. The van der Waals surface area contributed by atoms with Crippen LogP contribution in [0.5, 0.6) is 0 Å². The van der Waals surface area contributed by atoms with Crippen LogP contribution >= 0.6 is 15.9 Å². The molecule has 0 saturated heterocycles. The molecule has 1 N–H and O–H groups in total. The summed E-state index contributed by atoms with van der Waals surface area (Å²) in [6, 6.07) is 8.06. The van der Waals surface area contributed by atoms with E-state index in [9.17, 15) is 0 Å². The Hall–Kier alpha value is -1.68. The van der Waals surface area contributed by atoms with Crippen molar-refractivity contribution in [2.24, 2.45) is 0 Å². The molecule has 1 aromatic heterocycles. The van der Waals surface area contributed by atoms with Crippen molar-refractivity contribution >= 4 is 15.9 Å². The Morgan fingerprint density at radius 1 is 1.50 bits per heavy atom. The third kappa shape index (κ3) is 3.45. The minimum absolute atomic E-state index is 0.380. The van der Waals surface area contributed by atoms with Crippen LogP contribution < -0.4 is 5.32 Å². The van der Waals surface area contributed by atoms with E-state index in [1.54, 1.807) is 24.1 Å². The maximum absolute atomic E-state index is 9.09. The van der Waals surface area contributed by atoms with Gasteiger partial charge in [0.05, 0.1) is 12.3 Å². The molecule has 0 atom stereocenters. The summed E-state index contributed by atoms with van der Waals surface area (Å²) in [6.07, 6.45) is 3.42. The zero-order valence-corrected chi connectivity index (χ0v) is 12.7. The van der Waals surface area contributed by atoms with Gasteiger partial charge >= 0.3 is 0 Å². The van der Waals surface area contributed by atoms with Gasteiger partial charge in [-0.2, -0.15) is 5.26 Å². The molecule has 5 nitrogen and oxygen atoms in total. The number of nitrogens with one attached hydrogen (secondary N) is 1. The molecule has 0 unspecified atom stereocenters. The number of methoxy groups -OCH3 is 1. The molecule has 0 saturated carbocycles. The Kier molecular flexibility index (Phi) is 5.30. The lowest BCUT2D eigenvalue weighted by Gasteiger charge is -2.12. The van der Waals surface area contributed by atoms with E-state index in [0.717, 1.165) is 22.3 Å². The lowest BCUT2D eigenvalue weighted by atomic mass is 10.1. The van der Waals surface area contributed by atoms with Gasteiger partial charge in [0.1, 0.15) is 6.07 Å². The highest BCUT2D eigenvalue weighted by Crippen LogP contribution is 2.21. The number of halogens is 1. The van der Waals surface area contributed by atoms with Crippen LogP contribution in [-0.2, 0) is 11.3 Å². The minimum atomic E-state index is 0.380. The summed E-state index contributed by atoms with van der Waals surface area (Å²) in [5, 5.41) is 12.4. The summed E-state index contributed by atoms with van der Waals surface area (Å²) >= 11 is 3.48. The molecule has 104 valence electrons. The number of imidazole rings is 1. The van der Waals surface area contributed by atoms with Gasteiger partial charge in [-0.05, 0) is 23.8 Å². The highest BCUT2D eigenvalue weighted by Gasteiger charge is 2.09. The molecule has 0 aliphatic carbocycles. The van der Waals surface area contributed by atoms with Gasteiger partial charge in [-0.15, -0.1) is 0 Å². The van der Waals surface area contributed by atoms with Gasteiger partial charge < -0.3 is 10.1 Å². The summed E-state index contributed by atoms with van der Waals surface area (Å²) < 4.78 is 7.81. The molecule has 0 bridgehead atoms. The van der Waals surface area contributed by atoms with Gasteiger partial charge in [0.2, 0.25) is 5.82 Å². The average Bonchev–Trinajstić information content (AvgIpc) is 2.92. The molecule has 0 aliphatic heterocycles. The van der Waals surface area contributed by atoms with Crippen molar-refractivity contribution in [2.75, 3.05) is 20.3 Å². The SMILES string of the molecule is COCCNCc1cc(Br)ccc1-n1ccnc1C#N. The van der Waals surface area contributed by atoms with Gasteiger partial charge in [0, 0.05) is 37.1 Å². The predicted molar refractivity (Wildman–Crippen MR) is 79.6 cm³/mol. The van der Waals surface area contributed by atoms with Crippen LogP contribution in [0.1, 0.15) is 11.4 Å². The number of benzene rings is 1. The fourth-order valence-electron chi connectivity index (χ4n) is 1.91. The molecular formula is C14H15BrN4O. The summed E-state index contributed by atoms with van der Waals surface area (Å²) in [4.78, 5) is 4.03. The molecule has 0 amide bonds. The molecule has 1 aromatic carbocycles. The van der Waals surface area contributed by atoms with E-state index < -0.39 is 0 Å². The number of hydrogen-bond acceptors (Lipinski definition) is 4. The molecular weight excluding hydrogens is 320 g/mol. The topological polar surface area (TPSA) is 62.9 Å². The molecule has 0 radical (unpaired) electrons. The highest BCUT2D eigenvalue weighted by atomic mass is 79.9. The zero-order chi connectivity index (χ0) is 14.4. The van der Waals surface area contributed by atoms with Crippen LogP contribution in [0.25, 0.3) is 5.69 Å². The van der Waals surface area contributed by atoms with E-state index in [4.69, 9.17) is 10.00 Å². The number of rotatable bonds is 6. The number of aromatic nitrogens is 2. The van der Waals surface area contributed by atoms with Crippen LogP contribution in [0.3, 0.4) is 0 Å². The van der Waals surface area contributed by atoms with Crippen LogP contribution in [0.4, 0.5) is 0 Å². The van der Waals surface area contributed by atoms with Crippen molar-refractivity contribution in [2.45, 2.75) is 6.54 Å². The van der Waals surface area contributed by atoms with E-state index in [-0.39, 0.29) is 0 Å². The number of ether oxygens (including phenoxy) is 1. The summed E-state index contributed by atoms with van der Waals surface area (Å²) in [7, 11) is 1.68. The van der Waals surface area contributed by atoms with Crippen LogP contribution in [0.2, 0.25) is 0 Å². The summed E-state index contributed by atoms with van der Waals surface area (Å²) in [5.41, 5.74) is 2.04. The van der Waals surface area contributed by atoms with Crippen molar-refractivity contribution in [3.05, 3.63) is 46.5 Å². The third-order valence-corrected chi connectivity index (χ3v) is 3.33. The first-order chi connectivity index (χ1) is 9.76. The fourth-order valence-corrected chi connectivity index (χ4v) is 2.32. The number of nitrogens with zero attached hydrogens (tertiary/aromatic N) is 3. The highest BCUT2D eigenvalue weighted by molar-refractivity contribution is 9.10. The van der Waals surface area contributed by atoms with E-state index in [1.807, 2.05) is 18.2 Å². The Labute approximate surface area is 126 Å². The molecule has 0 fully saturated rings. The Morgan fingerprint density at radius 3 is 3.10 bits per heavy atom. The predicted octanol–water partition coefficient (Wildman–Crippen LogP) is 2.24. The molecule has 20 heavy (non-hydrogen) atoms. The standard InChI is InChI=1S/C14H15BrN4O/c1-20-7-5-17-10-11-8-12(15)2-3-13(11)19-6-4-18-14(19)9-16/h2-4,6,8,17H,5,7,10H2,1H3. The van der Waals surface area contributed by atoms with Crippen molar-refractivity contribution in [1.29, 1.82) is 5.26 Å². The summed E-state index contributed by atoms with van der Waals surface area (Å²) in [5.74, 6) is 0.380. The quantitative estimate of drug-likeness (QED) is 0.823. The van der Waals surface area contributed by atoms with E-state index >= 15 is 0 Å². The normalized spacial score (nSPS) is 10.4. The Balaban J connectivity index is 2.26.